The lowest BCUT2D eigenvalue weighted by atomic mass is 9.76. The van der Waals surface area contributed by atoms with Gasteiger partial charge in [0.1, 0.15) is 0 Å². The summed E-state index contributed by atoms with van der Waals surface area (Å²) in [5, 5.41) is 4.41. The molecule has 1 aliphatic carbocycles. The topological polar surface area (TPSA) is 54.4 Å². The molecule has 0 aromatic carbocycles. The van der Waals surface area contributed by atoms with E-state index in [0.717, 1.165) is 12.1 Å². The molecule has 2 atom stereocenters. The van der Waals surface area contributed by atoms with Gasteiger partial charge in [0.25, 0.3) is 5.91 Å². The first-order valence-corrected chi connectivity index (χ1v) is 7.34. The van der Waals surface area contributed by atoms with Gasteiger partial charge >= 0.3 is 0 Å². The Morgan fingerprint density at radius 1 is 1.35 bits per heavy atom. The summed E-state index contributed by atoms with van der Waals surface area (Å²) < 4.78 is 0. The van der Waals surface area contributed by atoms with E-state index in [1.165, 1.54) is 12.8 Å². The second-order valence-corrected chi connectivity index (χ2v) is 6.02. The highest BCUT2D eigenvalue weighted by molar-refractivity contribution is 5.95. The quantitative estimate of drug-likeness (QED) is 0.859. The van der Waals surface area contributed by atoms with Crippen molar-refractivity contribution >= 4 is 11.6 Å². The van der Waals surface area contributed by atoms with Crippen LogP contribution in [-0.4, -0.2) is 16.6 Å². The lowest BCUT2D eigenvalue weighted by Crippen LogP contribution is -2.31. The van der Waals surface area contributed by atoms with Gasteiger partial charge in [-0.2, -0.15) is 5.10 Å². The van der Waals surface area contributed by atoms with Crippen LogP contribution in [0.2, 0.25) is 0 Å². The highest BCUT2D eigenvalue weighted by Crippen LogP contribution is 2.31. The Labute approximate surface area is 120 Å². The summed E-state index contributed by atoms with van der Waals surface area (Å²) in [7, 11) is 0. The molecule has 0 radical (unpaired) electrons. The van der Waals surface area contributed by atoms with Crippen LogP contribution < -0.4 is 5.43 Å². The van der Waals surface area contributed by atoms with Gasteiger partial charge in [0.15, 0.2) is 0 Å². The highest BCUT2D eigenvalue weighted by Gasteiger charge is 2.27. The third-order valence-corrected chi connectivity index (χ3v) is 4.00. The van der Waals surface area contributed by atoms with Crippen LogP contribution in [-0.2, 0) is 0 Å². The maximum Gasteiger partial charge on any atom is 0.271 e. The van der Waals surface area contributed by atoms with Crippen LogP contribution in [0.5, 0.6) is 0 Å². The molecule has 2 rings (SSSR count). The number of nitrogens with one attached hydrogen (secondary N) is 1. The highest BCUT2D eigenvalue weighted by atomic mass is 16.2. The zero-order valence-corrected chi connectivity index (χ0v) is 12.5. The molecular weight excluding hydrogens is 250 g/mol. The Hall–Kier alpha value is -1.71. The maximum atomic E-state index is 12.0. The van der Waals surface area contributed by atoms with Gasteiger partial charge in [-0.05, 0) is 43.2 Å². The fourth-order valence-electron chi connectivity index (χ4n) is 2.78. The van der Waals surface area contributed by atoms with Gasteiger partial charge in [-0.3, -0.25) is 9.78 Å². The van der Waals surface area contributed by atoms with Gasteiger partial charge in [-0.25, -0.2) is 5.43 Å². The van der Waals surface area contributed by atoms with E-state index >= 15 is 0 Å². The van der Waals surface area contributed by atoms with Gasteiger partial charge in [0, 0.05) is 29.6 Å². The second-order valence-electron chi connectivity index (χ2n) is 6.02. The molecule has 0 bridgehead atoms. The summed E-state index contributed by atoms with van der Waals surface area (Å²) >= 11 is 0. The third-order valence-electron chi connectivity index (χ3n) is 4.00. The number of hydrogen-bond donors (Lipinski definition) is 1. The number of rotatable bonds is 3. The molecule has 1 saturated carbocycles. The SMILES string of the molecule is CC1CCC(C(C)C)/C(=N\NC(=O)c2ccncc2)C1. The zero-order chi connectivity index (χ0) is 14.5. The molecule has 1 heterocycles. The molecule has 1 fully saturated rings. The Morgan fingerprint density at radius 2 is 2.05 bits per heavy atom. The summed E-state index contributed by atoms with van der Waals surface area (Å²) in [4.78, 5) is 15.9. The van der Waals surface area contributed by atoms with Gasteiger partial charge < -0.3 is 0 Å². The van der Waals surface area contributed by atoms with Crippen LogP contribution in [0.25, 0.3) is 0 Å². The minimum Gasteiger partial charge on any atom is -0.267 e. The van der Waals surface area contributed by atoms with Crippen molar-refractivity contribution in [1.29, 1.82) is 0 Å². The fraction of sp³-hybridized carbons (Fsp3) is 0.562. The summed E-state index contributed by atoms with van der Waals surface area (Å²) in [6, 6.07) is 3.39. The lowest BCUT2D eigenvalue weighted by Gasteiger charge is -2.30. The van der Waals surface area contributed by atoms with Gasteiger partial charge in [-0.15, -0.1) is 0 Å². The van der Waals surface area contributed by atoms with Crippen molar-refractivity contribution in [2.24, 2.45) is 22.9 Å². The molecule has 0 aliphatic heterocycles. The number of carbonyl (C=O) groups is 1. The number of pyridine rings is 1. The maximum absolute atomic E-state index is 12.0. The molecular formula is C16H23N3O. The molecule has 2 unspecified atom stereocenters. The number of hydrazone groups is 1. The molecule has 1 aromatic rings. The van der Waals surface area contributed by atoms with Crippen molar-refractivity contribution < 1.29 is 4.79 Å². The zero-order valence-electron chi connectivity index (χ0n) is 12.5. The van der Waals surface area contributed by atoms with E-state index in [9.17, 15) is 4.79 Å². The van der Waals surface area contributed by atoms with Gasteiger partial charge in [0.2, 0.25) is 0 Å². The molecule has 0 saturated heterocycles. The standard InChI is InChI=1S/C16H23N3O/c1-11(2)14-5-4-12(3)10-15(14)18-19-16(20)13-6-8-17-9-7-13/h6-9,11-12,14H,4-5,10H2,1-3H3,(H,19,20)/b18-15-. The van der Waals surface area contributed by atoms with E-state index in [-0.39, 0.29) is 5.91 Å². The van der Waals surface area contributed by atoms with Crippen molar-refractivity contribution in [1.82, 2.24) is 10.4 Å². The summed E-state index contributed by atoms with van der Waals surface area (Å²) in [5.74, 6) is 1.55. The normalized spacial score (nSPS) is 24.9. The first-order valence-electron chi connectivity index (χ1n) is 7.34. The molecule has 1 N–H and O–H groups in total. The van der Waals surface area contributed by atoms with E-state index in [0.29, 0.717) is 23.3 Å². The molecule has 1 aliphatic rings. The molecule has 20 heavy (non-hydrogen) atoms. The predicted molar refractivity (Wildman–Crippen MR) is 80.5 cm³/mol. The second kappa shape index (κ2) is 6.64. The lowest BCUT2D eigenvalue weighted by molar-refractivity contribution is 0.0954. The molecule has 4 heteroatoms. The van der Waals surface area contributed by atoms with Crippen LogP contribution in [0.1, 0.15) is 50.4 Å². The Morgan fingerprint density at radius 3 is 2.70 bits per heavy atom. The third kappa shape index (κ3) is 3.65. The largest absolute Gasteiger partial charge is 0.271 e. The van der Waals surface area contributed by atoms with Crippen molar-refractivity contribution in [2.45, 2.75) is 40.0 Å². The van der Waals surface area contributed by atoms with Crippen molar-refractivity contribution in [3.8, 4) is 0 Å². The summed E-state index contributed by atoms with van der Waals surface area (Å²) in [6.45, 7) is 6.69. The first kappa shape index (κ1) is 14.7. The van der Waals surface area contributed by atoms with Gasteiger partial charge in [-0.1, -0.05) is 20.8 Å². The monoisotopic (exact) mass is 273 g/mol. The average Bonchev–Trinajstić information content (AvgIpc) is 2.45. The molecule has 4 nitrogen and oxygen atoms in total. The van der Waals surface area contributed by atoms with Crippen molar-refractivity contribution in [3.05, 3.63) is 30.1 Å². The van der Waals surface area contributed by atoms with Crippen LogP contribution in [0, 0.1) is 17.8 Å². The minimum absolute atomic E-state index is 0.166. The van der Waals surface area contributed by atoms with Crippen LogP contribution >= 0.6 is 0 Å². The van der Waals surface area contributed by atoms with E-state index in [4.69, 9.17) is 0 Å². The Kier molecular flexibility index (Phi) is 4.88. The van der Waals surface area contributed by atoms with Crippen LogP contribution in [0.4, 0.5) is 0 Å². The fourth-order valence-corrected chi connectivity index (χ4v) is 2.78. The summed E-state index contributed by atoms with van der Waals surface area (Å²) in [5.41, 5.74) is 4.43. The number of amides is 1. The summed E-state index contributed by atoms with van der Waals surface area (Å²) in [6.07, 6.45) is 6.63. The number of hydrogen-bond acceptors (Lipinski definition) is 3. The number of aromatic nitrogens is 1. The van der Waals surface area contributed by atoms with E-state index in [2.05, 4.69) is 36.3 Å². The van der Waals surface area contributed by atoms with E-state index in [1.807, 2.05) is 0 Å². The van der Waals surface area contributed by atoms with Crippen molar-refractivity contribution in [2.75, 3.05) is 0 Å². The van der Waals surface area contributed by atoms with Crippen LogP contribution in [0.15, 0.2) is 29.6 Å². The van der Waals surface area contributed by atoms with E-state index < -0.39 is 0 Å². The number of nitrogens with zero attached hydrogens (tertiary/aromatic N) is 2. The molecule has 1 aromatic heterocycles. The first-order chi connectivity index (χ1) is 9.58. The molecule has 108 valence electrons. The van der Waals surface area contributed by atoms with Gasteiger partial charge in [0.05, 0.1) is 0 Å². The Balaban J connectivity index is 2.06. The van der Waals surface area contributed by atoms with Crippen LogP contribution in [0.3, 0.4) is 0 Å². The van der Waals surface area contributed by atoms with Crippen molar-refractivity contribution in [3.63, 3.8) is 0 Å². The average molecular weight is 273 g/mol. The number of carbonyl (C=O) groups excluding carboxylic acids is 1. The predicted octanol–water partition coefficient (Wildman–Crippen LogP) is 3.26. The molecule has 0 spiro atoms. The van der Waals surface area contributed by atoms with E-state index in [1.54, 1.807) is 24.5 Å². The Bertz CT molecular complexity index is 482. The minimum atomic E-state index is -0.166. The smallest absolute Gasteiger partial charge is 0.267 e. The molecule has 1 amide bonds.